The first kappa shape index (κ1) is 16.4. The third kappa shape index (κ3) is 3.80. The molecule has 0 radical (unpaired) electrons. The first-order valence-electron chi connectivity index (χ1n) is 9.10. The van der Waals surface area contributed by atoms with Crippen LogP contribution in [0.15, 0.2) is 24.5 Å². The molecule has 4 heterocycles. The molecule has 0 saturated carbocycles. The largest absolute Gasteiger partial charge is 0.378 e. The summed E-state index contributed by atoms with van der Waals surface area (Å²) in [6.07, 6.45) is 3.69. The SMILES string of the molecule is Cc1cccc(CN2CCc3ncnc(N4CCOCC4)c3CC2)n1. The number of rotatable bonds is 3. The van der Waals surface area contributed by atoms with E-state index in [1.165, 1.54) is 11.3 Å². The minimum atomic E-state index is 0.782. The van der Waals surface area contributed by atoms with Crippen LogP contribution in [0.3, 0.4) is 0 Å². The van der Waals surface area contributed by atoms with Crippen LogP contribution in [0.4, 0.5) is 5.82 Å². The van der Waals surface area contributed by atoms with E-state index in [0.717, 1.165) is 76.0 Å². The summed E-state index contributed by atoms with van der Waals surface area (Å²) in [5, 5.41) is 0. The number of ether oxygens (including phenoxy) is 1. The lowest BCUT2D eigenvalue weighted by Gasteiger charge is -2.29. The van der Waals surface area contributed by atoms with Gasteiger partial charge in [0.05, 0.1) is 24.6 Å². The van der Waals surface area contributed by atoms with E-state index in [1.807, 2.05) is 13.0 Å². The molecule has 0 spiro atoms. The minimum absolute atomic E-state index is 0.782. The van der Waals surface area contributed by atoms with E-state index in [4.69, 9.17) is 4.74 Å². The Bertz CT molecular complexity index is 730. The maximum atomic E-state index is 5.48. The quantitative estimate of drug-likeness (QED) is 0.847. The van der Waals surface area contributed by atoms with E-state index in [9.17, 15) is 0 Å². The van der Waals surface area contributed by atoms with Gasteiger partial charge in [0.2, 0.25) is 0 Å². The number of anilines is 1. The maximum absolute atomic E-state index is 5.48. The lowest BCUT2D eigenvalue weighted by Crippen LogP contribution is -2.37. The second kappa shape index (κ2) is 7.45. The van der Waals surface area contributed by atoms with Crippen LogP contribution in [0, 0.1) is 6.92 Å². The van der Waals surface area contributed by atoms with Crippen molar-refractivity contribution >= 4 is 5.82 Å². The highest BCUT2D eigenvalue weighted by Gasteiger charge is 2.22. The van der Waals surface area contributed by atoms with Gasteiger partial charge in [-0.3, -0.25) is 9.88 Å². The van der Waals surface area contributed by atoms with Crippen LogP contribution in [0.25, 0.3) is 0 Å². The topological polar surface area (TPSA) is 54.4 Å². The molecule has 132 valence electrons. The van der Waals surface area contributed by atoms with E-state index in [0.29, 0.717) is 0 Å². The van der Waals surface area contributed by atoms with Crippen molar-refractivity contribution < 1.29 is 4.74 Å². The Labute approximate surface area is 148 Å². The molecule has 2 aromatic rings. The third-order valence-corrected chi connectivity index (χ3v) is 5.00. The minimum Gasteiger partial charge on any atom is -0.378 e. The van der Waals surface area contributed by atoms with E-state index in [1.54, 1.807) is 6.33 Å². The molecule has 0 N–H and O–H groups in total. The van der Waals surface area contributed by atoms with Crippen LogP contribution >= 0.6 is 0 Å². The van der Waals surface area contributed by atoms with Crippen LogP contribution < -0.4 is 4.90 Å². The number of pyridine rings is 1. The fourth-order valence-corrected chi connectivity index (χ4v) is 3.68. The van der Waals surface area contributed by atoms with Gasteiger partial charge in [-0.25, -0.2) is 9.97 Å². The molecule has 2 aliphatic heterocycles. The van der Waals surface area contributed by atoms with Crippen LogP contribution in [0.1, 0.15) is 22.6 Å². The maximum Gasteiger partial charge on any atom is 0.135 e. The predicted molar refractivity (Wildman–Crippen MR) is 96.7 cm³/mol. The predicted octanol–water partition coefficient (Wildman–Crippen LogP) is 1.62. The van der Waals surface area contributed by atoms with Crippen LogP contribution in [0.2, 0.25) is 0 Å². The highest BCUT2D eigenvalue weighted by atomic mass is 16.5. The first-order chi connectivity index (χ1) is 12.3. The van der Waals surface area contributed by atoms with Crippen LogP contribution in [-0.4, -0.2) is 59.2 Å². The summed E-state index contributed by atoms with van der Waals surface area (Å²) in [6.45, 7) is 8.38. The molecule has 0 bridgehead atoms. The van der Waals surface area contributed by atoms with E-state index >= 15 is 0 Å². The van der Waals surface area contributed by atoms with Crippen molar-refractivity contribution in [2.45, 2.75) is 26.3 Å². The van der Waals surface area contributed by atoms with Gasteiger partial charge in [-0.15, -0.1) is 0 Å². The Morgan fingerprint density at radius 2 is 1.88 bits per heavy atom. The first-order valence-corrected chi connectivity index (χ1v) is 9.10. The molecule has 0 amide bonds. The molecule has 2 aromatic heterocycles. The van der Waals surface area contributed by atoms with Gasteiger partial charge in [0, 0.05) is 50.4 Å². The number of fused-ring (bicyclic) bond motifs is 1. The molecule has 1 fully saturated rings. The highest BCUT2D eigenvalue weighted by molar-refractivity contribution is 5.49. The molecule has 1 saturated heterocycles. The van der Waals surface area contributed by atoms with Gasteiger partial charge >= 0.3 is 0 Å². The summed E-state index contributed by atoms with van der Waals surface area (Å²) in [6, 6.07) is 6.25. The molecule has 4 rings (SSSR count). The fourth-order valence-electron chi connectivity index (χ4n) is 3.68. The summed E-state index contributed by atoms with van der Waals surface area (Å²) in [5.74, 6) is 1.11. The van der Waals surface area contributed by atoms with Gasteiger partial charge < -0.3 is 9.64 Å². The van der Waals surface area contributed by atoms with E-state index < -0.39 is 0 Å². The number of hydrogen-bond acceptors (Lipinski definition) is 6. The fraction of sp³-hybridized carbons (Fsp3) is 0.526. The Hall–Kier alpha value is -2.05. The lowest BCUT2D eigenvalue weighted by atomic mass is 10.1. The zero-order valence-corrected chi connectivity index (χ0v) is 14.8. The normalized spacial score (nSPS) is 18.7. The molecular formula is C19H25N5O. The van der Waals surface area contributed by atoms with Crippen LogP contribution in [-0.2, 0) is 24.1 Å². The van der Waals surface area contributed by atoms with Gasteiger partial charge in [-0.2, -0.15) is 0 Å². The van der Waals surface area contributed by atoms with Gasteiger partial charge in [0.15, 0.2) is 0 Å². The molecule has 6 heteroatoms. The molecule has 0 aliphatic carbocycles. The average Bonchev–Trinajstić information content (AvgIpc) is 2.85. The van der Waals surface area contributed by atoms with Crippen molar-refractivity contribution in [3.8, 4) is 0 Å². The third-order valence-electron chi connectivity index (χ3n) is 5.00. The number of aryl methyl sites for hydroxylation is 1. The zero-order chi connectivity index (χ0) is 17.1. The molecule has 25 heavy (non-hydrogen) atoms. The molecule has 0 aromatic carbocycles. The van der Waals surface area contributed by atoms with Crippen LogP contribution in [0.5, 0.6) is 0 Å². The van der Waals surface area contributed by atoms with Gasteiger partial charge in [-0.1, -0.05) is 6.07 Å². The average molecular weight is 339 g/mol. The second-order valence-corrected chi connectivity index (χ2v) is 6.77. The van der Waals surface area contributed by atoms with Crippen molar-refractivity contribution in [3.05, 3.63) is 47.2 Å². The highest BCUT2D eigenvalue weighted by Crippen LogP contribution is 2.24. The van der Waals surface area contributed by atoms with Gasteiger partial charge in [0.25, 0.3) is 0 Å². The van der Waals surface area contributed by atoms with E-state index in [-0.39, 0.29) is 0 Å². The summed E-state index contributed by atoms with van der Waals surface area (Å²) >= 11 is 0. The van der Waals surface area contributed by atoms with Crippen molar-refractivity contribution in [2.75, 3.05) is 44.3 Å². The second-order valence-electron chi connectivity index (χ2n) is 6.77. The number of hydrogen-bond donors (Lipinski definition) is 0. The molecule has 6 nitrogen and oxygen atoms in total. The Balaban J connectivity index is 1.49. The van der Waals surface area contributed by atoms with Crippen molar-refractivity contribution in [3.63, 3.8) is 0 Å². The van der Waals surface area contributed by atoms with Gasteiger partial charge in [-0.05, 0) is 25.5 Å². The molecule has 2 aliphatic rings. The summed E-state index contributed by atoms with van der Waals surface area (Å²) in [7, 11) is 0. The molecular weight excluding hydrogens is 314 g/mol. The smallest absolute Gasteiger partial charge is 0.135 e. The number of morpholine rings is 1. The zero-order valence-electron chi connectivity index (χ0n) is 14.8. The van der Waals surface area contributed by atoms with Crippen molar-refractivity contribution in [1.29, 1.82) is 0 Å². The Morgan fingerprint density at radius 1 is 1.04 bits per heavy atom. The Kier molecular flexibility index (Phi) is 4.90. The number of nitrogens with zero attached hydrogens (tertiary/aromatic N) is 5. The molecule has 0 unspecified atom stereocenters. The number of aromatic nitrogens is 3. The summed E-state index contributed by atoms with van der Waals surface area (Å²) < 4.78 is 5.48. The van der Waals surface area contributed by atoms with E-state index in [2.05, 4.69) is 36.9 Å². The lowest BCUT2D eigenvalue weighted by molar-refractivity contribution is 0.122. The monoisotopic (exact) mass is 339 g/mol. The standard InChI is InChI=1S/C19H25N5O/c1-15-3-2-4-16(22-15)13-23-7-5-17-18(6-8-23)20-14-21-19(17)24-9-11-25-12-10-24/h2-4,14H,5-13H2,1H3. The summed E-state index contributed by atoms with van der Waals surface area (Å²) in [4.78, 5) is 18.7. The summed E-state index contributed by atoms with van der Waals surface area (Å²) in [5.41, 5.74) is 4.75. The molecule has 0 atom stereocenters. The van der Waals surface area contributed by atoms with Gasteiger partial charge in [0.1, 0.15) is 12.1 Å². The van der Waals surface area contributed by atoms with Crippen molar-refractivity contribution in [1.82, 2.24) is 19.9 Å². The van der Waals surface area contributed by atoms with Crippen molar-refractivity contribution in [2.24, 2.45) is 0 Å². The Morgan fingerprint density at radius 3 is 2.72 bits per heavy atom.